The lowest BCUT2D eigenvalue weighted by atomic mass is 10.3. The molecule has 1 N–H and O–H groups in total. The number of rotatable bonds is 5. The number of carbonyl (C=O) groups excluding carboxylic acids is 1. The Morgan fingerprint density at radius 2 is 2.00 bits per heavy atom. The van der Waals surface area contributed by atoms with Gasteiger partial charge in [0.15, 0.2) is 5.76 Å². The van der Waals surface area contributed by atoms with Crippen molar-refractivity contribution in [2.75, 3.05) is 6.61 Å². The summed E-state index contributed by atoms with van der Waals surface area (Å²) in [5.41, 5.74) is 0.376. The number of benzene rings is 1. The summed E-state index contributed by atoms with van der Waals surface area (Å²) in [6.45, 7) is 1.88. The monoisotopic (exact) mass is 302 g/mol. The fourth-order valence-corrected chi connectivity index (χ4v) is 2.19. The summed E-state index contributed by atoms with van der Waals surface area (Å²) in [7, 11) is 0. The quantitative estimate of drug-likeness (QED) is 0.387. The zero-order valence-electron chi connectivity index (χ0n) is 11.4. The lowest BCUT2D eigenvalue weighted by Gasteiger charge is -2.04. The fourth-order valence-electron chi connectivity index (χ4n) is 1.52. The molecule has 0 unspecified atom stereocenters. The average Bonchev–Trinajstić information content (AvgIpc) is 3.03. The number of thiophene rings is 1. The Labute approximate surface area is 126 Å². The molecule has 0 atom stereocenters. The number of ether oxygens (including phenoxy) is 1. The second-order valence-electron chi connectivity index (χ2n) is 3.93. The fraction of sp³-hybridized carbons (Fsp3) is 0.133. The first-order valence-electron chi connectivity index (χ1n) is 6.33. The van der Waals surface area contributed by atoms with Gasteiger partial charge in [0, 0.05) is 0 Å². The van der Waals surface area contributed by atoms with Crippen LogP contribution in [0.4, 0.5) is 5.69 Å². The first-order valence-corrected chi connectivity index (χ1v) is 7.21. The molecule has 0 saturated carbocycles. The third-order valence-electron chi connectivity index (χ3n) is 2.47. The highest BCUT2D eigenvalue weighted by molar-refractivity contribution is 7.11. The molecule has 6 heteroatoms. The SMILES string of the molecule is CCOC(=O)/C(N=Nc1ccccc1)=C(/O)c1cccs1. The van der Waals surface area contributed by atoms with Crippen LogP contribution in [0.5, 0.6) is 0 Å². The van der Waals surface area contributed by atoms with Crippen LogP contribution in [-0.4, -0.2) is 17.7 Å². The molecule has 1 aromatic carbocycles. The topological polar surface area (TPSA) is 71.2 Å². The van der Waals surface area contributed by atoms with E-state index in [-0.39, 0.29) is 18.1 Å². The summed E-state index contributed by atoms with van der Waals surface area (Å²) >= 11 is 1.30. The van der Waals surface area contributed by atoms with Gasteiger partial charge in [-0.05, 0) is 30.5 Å². The van der Waals surface area contributed by atoms with E-state index in [4.69, 9.17) is 4.74 Å². The molecule has 0 radical (unpaired) electrons. The van der Waals surface area contributed by atoms with E-state index in [1.165, 1.54) is 11.3 Å². The van der Waals surface area contributed by atoms with Gasteiger partial charge in [0.2, 0.25) is 5.70 Å². The number of hydrogen-bond acceptors (Lipinski definition) is 6. The third kappa shape index (κ3) is 4.00. The summed E-state index contributed by atoms with van der Waals surface area (Å²) in [5.74, 6) is -0.939. The van der Waals surface area contributed by atoms with Gasteiger partial charge in [-0.1, -0.05) is 24.3 Å². The van der Waals surface area contributed by atoms with Crippen molar-refractivity contribution >= 4 is 28.8 Å². The molecule has 0 aliphatic heterocycles. The van der Waals surface area contributed by atoms with Gasteiger partial charge < -0.3 is 9.84 Å². The number of aliphatic hydroxyl groups is 1. The van der Waals surface area contributed by atoms with E-state index in [0.29, 0.717) is 10.6 Å². The Kier molecular flexibility index (Phi) is 5.22. The Bertz CT molecular complexity index is 649. The third-order valence-corrected chi connectivity index (χ3v) is 3.35. The first-order chi connectivity index (χ1) is 10.2. The molecule has 0 amide bonds. The molecule has 1 aromatic heterocycles. The summed E-state index contributed by atoms with van der Waals surface area (Å²) in [6, 6.07) is 12.4. The zero-order valence-corrected chi connectivity index (χ0v) is 12.2. The maximum atomic E-state index is 11.9. The number of carbonyl (C=O) groups is 1. The highest BCUT2D eigenvalue weighted by atomic mass is 32.1. The Balaban J connectivity index is 2.35. The van der Waals surface area contributed by atoms with Crippen LogP contribution in [0.3, 0.4) is 0 Å². The van der Waals surface area contributed by atoms with Crippen LogP contribution in [0, 0.1) is 0 Å². The molecule has 0 bridgehead atoms. The van der Waals surface area contributed by atoms with E-state index in [9.17, 15) is 9.90 Å². The summed E-state index contributed by atoms with van der Waals surface area (Å²) < 4.78 is 4.91. The second-order valence-corrected chi connectivity index (χ2v) is 4.88. The van der Waals surface area contributed by atoms with Crippen molar-refractivity contribution in [2.45, 2.75) is 6.92 Å². The van der Waals surface area contributed by atoms with Gasteiger partial charge in [0.25, 0.3) is 0 Å². The van der Waals surface area contributed by atoms with Gasteiger partial charge in [-0.3, -0.25) is 0 Å². The highest BCUT2D eigenvalue weighted by Crippen LogP contribution is 2.24. The van der Waals surface area contributed by atoms with Crippen molar-refractivity contribution < 1.29 is 14.6 Å². The van der Waals surface area contributed by atoms with Crippen molar-refractivity contribution in [1.82, 2.24) is 0 Å². The van der Waals surface area contributed by atoms with Crippen LogP contribution in [0.15, 0.2) is 63.8 Å². The van der Waals surface area contributed by atoms with Crippen molar-refractivity contribution in [3.8, 4) is 0 Å². The maximum absolute atomic E-state index is 11.9. The smallest absolute Gasteiger partial charge is 0.362 e. The minimum Gasteiger partial charge on any atom is -0.504 e. The second kappa shape index (κ2) is 7.35. The van der Waals surface area contributed by atoms with E-state index in [1.807, 2.05) is 6.07 Å². The average molecular weight is 302 g/mol. The number of nitrogens with zero attached hydrogens (tertiary/aromatic N) is 2. The number of hydrogen-bond donors (Lipinski definition) is 1. The molecular formula is C15H14N2O3S. The van der Waals surface area contributed by atoms with E-state index in [0.717, 1.165) is 0 Å². The summed E-state index contributed by atoms with van der Waals surface area (Å²) in [4.78, 5) is 12.4. The predicted molar refractivity (Wildman–Crippen MR) is 81.5 cm³/mol. The van der Waals surface area contributed by atoms with Crippen LogP contribution >= 0.6 is 11.3 Å². The van der Waals surface area contributed by atoms with Crippen molar-refractivity contribution in [2.24, 2.45) is 10.2 Å². The molecular weight excluding hydrogens is 288 g/mol. The molecule has 1 heterocycles. The minimum atomic E-state index is -0.705. The zero-order chi connectivity index (χ0) is 15.1. The molecule has 0 aliphatic carbocycles. The van der Waals surface area contributed by atoms with E-state index in [1.54, 1.807) is 48.7 Å². The number of aliphatic hydroxyl groups excluding tert-OH is 1. The van der Waals surface area contributed by atoms with Gasteiger partial charge in [-0.2, -0.15) is 5.11 Å². The summed E-state index contributed by atoms with van der Waals surface area (Å²) in [6.07, 6.45) is 0. The molecule has 2 rings (SSSR count). The van der Waals surface area contributed by atoms with Gasteiger partial charge in [-0.25, -0.2) is 4.79 Å². The number of azo groups is 1. The van der Waals surface area contributed by atoms with Gasteiger partial charge >= 0.3 is 5.97 Å². The standard InChI is InChI=1S/C15H14N2O3S/c1-2-20-15(19)13(14(18)12-9-6-10-21-12)17-16-11-7-4-3-5-8-11/h3-10,18H,2H2,1H3/b14-13-,17-16?. The van der Waals surface area contributed by atoms with Crippen molar-refractivity contribution in [1.29, 1.82) is 0 Å². The molecule has 0 spiro atoms. The Hall–Kier alpha value is -2.47. The summed E-state index contributed by atoms with van der Waals surface area (Å²) in [5, 5.41) is 19.8. The van der Waals surface area contributed by atoms with E-state index in [2.05, 4.69) is 10.2 Å². The number of esters is 1. The van der Waals surface area contributed by atoms with E-state index >= 15 is 0 Å². The van der Waals surface area contributed by atoms with Gasteiger partial charge in [0.05, 0.1) is 17.2 Å². The molecule has 0 saturated heterocycles. The molecule has 108 valence electrons. The Morgan fingerprint density at radius 3 is 2.62 bits per heavy atom. The normalized spacial score (nSPS) is 12.2. The molecule has 5 nitrogen and oxygen atoms in total. The predicted octanol–water partition coefficient (Wildman–Crippen LogP) is 4.32. The van der Waals surface area contributed by atoms with Crippen LogP contribution in [0.25, 0.3) is 5.76 Å². The van der Waals surface area contributed by atoms with Crippen LogP contribution in [-0.2, 0) is 9.53 Å². The largest absolute Gasteiger partial charge is 0.504 e. The van der Waals surface area contributed by atoms with Crippen LogP contribution in [0.2, 0.25) is 0 Å². The molecule has 0 aliphatic rings. The highest BCUT2D eigenvalue weighted by Gasteiger charge is 2.18. The van der Waals surface area contributed by atoms with Gasteiger partial charge in [0.1, 0.15) is 0 Å². The molecule has 0 fully saturated rings. The first kappa shape index (κ1) is 14.9. The molecule has 2 aromatic rings. The van der Waals surface area contributed by atoms with E-state index < -0.39 is 5.97 Å². The minimum absolute atomic E-state index is 0.195. The van der Waals surface area contributed by atoms with Crippen molar-refractivity contribution in [3.05, 3.63) is 58.4 Å². The van der Waals surface area contributed by atoms with Crippen LogP contribution in [0.1, 0.15) is 11.8 Å². The van der Waals surface area contributed by atoms with Crippen molar-refractivity contribution in [3.63, 3.8) is 0 Å². The lowest BCUT2D eigenvalue weighted by Crippen LogP contribution is -2.08. The molecule has 21 heavy (non-hydrogen) atoms. The lowest BCUT2D eigenvalue weighted by molar-refractivity contribution is -0.138. The van der Waals surface area contributed by atoms with Crippen LogP contribution < -0.4 is 0 Å². The Morgan fingerprint density at radius 1 is 1.24 bits per heavy atom. The maximum Gasteiger partial charge on any atom is 0.362 e. The van der Waals surface area contributed by atoms with Gasteiger partial charge in [-0.15, -0.1) is 16.5 Å².